The van der Waals surface area contributed by atoms with Crippen molar-refractivity contribution in [1.82, 2.24) is 10.3 Å². The number of benzene rings is 1. The van der Waals surface area contributed by atoms with Gasteiger partial charge >= 0.3 is 0 Å². The number of nitrogens with zero attached hydrogens (tertiary/aromatic N) is 1. The molecular weight excluding hydrogens is 204 g/mol. The van der Waals surface area contributed by atoms with Gasteiger partial charge in [0, 0.05) is 12.6 Å². The van der Waals surface area contributed by atoms with Crippen LogP contribution in [0.1, 0.15) is 23.4 Å². The highest BCUT2D eigenvalue weighted by atomic mass is 32.1. The number of fused-ring (bicyclic) bond motifs is 1. The molecule has 0 spiro atoms. The van der Waals surface area contributed by atoms with Gasteiger partial charge in [-0.3, -0.25) is 0 Å². The van der Waals surface area contributed by atoms with Gasteiger partial charge in [0.25, 0.3) is 0 Å². The van der Waals surface area contributed by atoms with Crippen LogP contribution in [0.2, 0.25) is 0 Å². The van der Waals surface area contributed by atoms with E-state index in [-0.39, 0.29) is 0 Å². The first kappa shape index (κ1) is 9.31. The van der Waals surface area contributed by atoms with Gasteiger partial charge in [-0.15, -0.1) is 11.3 Å². The fourth-order valence-corrected chi connectivity index (χ4v) is 2.58. The Balaban J connectivity index is 1.84. The Morgan fingerprint density at radius 2 is 2.33 bits per heavy atom. The first-order valence-corrected chi connectivity index (χ1v) is 6.22. The molecule has 0 saturated heterocycles. The van der Waals surface area contributed by atoms with Crippen molar-refractivity contribution in [2.75, 3.05) is 0 Å². The summed E-state index contributed by atoms with van der Waals surface area (Å²) in [6.07, 6.45) is 2.67. The van der Waals surface area contributed by atoms with Crippen LogP contribution in [0.4, 0.5) is 0 Å². The molecule has 0 aliphatic heterocycles. The minimum absolute atomic E-state index is 0.763. The van der Waals surface area contributed by atoms with Gasteiger partial charge in [0.1, 0.15) is 5.01 Å². The number of aryl methyl sites for hydroxylation is 1. The van der Waals surface area contributed by atoms with E-state index in [0.29, 0.717) is 0 Å². The average Bonchev–Trinajstić information content (AvgIpc) is 2.95. The predicted molar refractivity (Wildman–Crippen MR) is 64.2 cm³/mol. The lowest BCUT2D eigenvalue weighted by molar-refractivity contribution is 0.685. The summed E-state index contributed by atoms with van der Waals surface area (Å²) in [5.74, 6) is 0. The number of rotatable bonds is 3. The topological polar surface area (TPSA) is 24.9 Å². The van der Waals surface area contributed by atoms with Gasteiger partial charge in [0.15, 0.2) is 0 Å². The van der Waals surface area contributed by atoms with E-state index in [2.05, 4.69) is 35.4 Å². The van der Waals surface area contributed by atoms with Crippen LogP contribution in [0.3, 0.4) is 0 Å². The standard InChI is InChI=1S/C12H14N2S/c1-8-2-5-11-10(6-8)14-12(15-11)7-13-9-3-4-9/h2,5-6,9,13H,3-4,7H2,1H3. The van der Waals surface area contributed by atoms with Crippen molar-refractivity contribution >= 4 is 21.6 Å². The van der Waals surface area contributed by atoms with Gasteiger partial charge < -0.3 is 5.32 Å². The lowest BCUT2D eigenvalue weighted by atomic mass is 10.2. The Morgan fingerprint density at radius 1 is 1.47 bits per heavy atom. The van der Waals surface area contributed by atoms with Gasteiger partial charge in [0.05, 0.1) is 10.2 Å². The van der Waals surface area contributed by atoms with Gasteiger partial charge in [-0.25, -0.2) is 4.98 Å². The number of aromatic nitrogens is 1. The van der Waals surface area contributed by atoms with Crippen molar-refractivity contribution in [3.8, 4) is 0 Å². The van der Waals surface area contributed by atoms with E-state index < -0.39 is 0 Å². The first-order chi connectivity index (χ1) is 7.31. The van der Waals surface area contributed by atoms with Gasteiger partial charge in [-0.05, 0) is 37.5 Å². The molecule has 0 radical (unpaired) electrons. The van der Waals surface area contributed by atoms with E-state index in [1.807, 2.05) is 0 Å². The average molecular weight is 218 g/mol. The maximum absolute atomic E-state index is 4.63. The molecule has 1 aromatic carbocycles. The van der Waals surface area contributed by atoms with Crippen LogP contribution >= 0.6 is 11.3 Å². The van der Waals surface area contributed by atoms with Crippen molar-refractivity contribution in [1.29, 1.82) is 0 Å². The summed E-state index contributed by atoms with van der Waals surface area (Å²) in [5.41, 5.74) is 2.43. The summed E-state index contributed by atoms with van der Waals surface area (Å²) in [4.78, 5) is 4.63. The molecule has 3 rings (SSSR count). The lowest BCUT2D eigenvalue weighted by Gasteiger charge is -1.96. The van der Waals surface area contributed by atoms with Crippen molar-refractivity contribution < 1.29 is 0 Å². The third kappa shape index (κ3) is 2.03. The van der Waals surface area contributed by atoms with E-state index in [4.69, 9.17) is 0 Å². The van der Waals surface area contributed by atoms with Crippen LogP contribution in [-0.4, -0.2) is 11.0 Å². The summed E-state index contributed by atoms with van der Waals surface area (Å²) < 4.78 is 1.30. The fourth-order valence-electron chi connectivity index (χ4n) is 1.68. The molecule has 1 aliphatic carbocycles. The highest BCUT2D eigenvalue weighted by molar-refractivity contribution is 7.18. The lowest BCUT2D eigenvalue weighted by Crippen LogP contribution is -2.14. The molecule has 1 saturated carbocycles. The molecule has 0 amide bonds. The fraction of sp³-hybridized carbons (Fsp3) is 0.417. The van der Waals surface area contributed by atoms with E-state index in [9.17, 15) is 0 Å². The van der Waals surface area contributed by atoms with E-state index in [1.165, 1.54) is 28.1 Å². The summed E-state index contributed by atoms with van der Waals surface area (Å²) in [6.45, 7) is 3.05. The van der Waals surface area contributed by atoms with E-state index in [0.717, 1.165) is 18.1 Å². The molecule has 1 N–H and O–H groups in total. The van der Waals surface area contributed by atoms with Gasteiger partial charge in [-0.2, -0.15) is 0 Å². The Kier molecular flexibility index (Phi) is 2.22. The minimum atomic E-state index is 0.763. The predicted octanol–water partition coefficient (Wildman–Crippen LogP) is 2.86. The highest BCUT2D eigenvalue weighted by Crippen LogP contribution is 2.24. The van der Waals surface area contributed by atoms with Crippen molar-refractivity contribution in [2.45, 2.75) is 32.4 Å². The molecule has 1 aliphatic rings. The van der Waals surface area contributed by atoms with Gasteiger partial charge in [-0.1, -0.05) is 6.07 Å². The van der Waals surface area contributed by atoms with Crippen LogP contribution < -0.4 is 5.32 Å². The van der Waals surface area contributed by atoms with Gasteiger partial charge in [0.2, 0.25) is 0 Å². The third-order valence-corrected chi connectivity index (χ3v) is 3.74. The first-order valence-electron chi connectivity index (χ1n) is 5.41. The summed E-state index contributed by atoms with van der Waals surface area (Å²) in [5, 5.41) is 4.71. The molecule has 78 valence electrons. The van der Waals surface area contributed by atoms with Crippen LogP contribution in [0.15, 0.2) is 18.2 Å². The van der Waals surface area contributed by atoms with Crippen LogP contribution in [0.5, 0.6) is 0 Å². The van der Waals surface area contributed by atoms with Crippen molar-refractivity contribution in [3.05, 3.63) is 28.8 Å². The molecular formula is C12H14N2S. The monoisotopic (exact) mass is 218 g/mol. The quantitative estimate of drug-likeness (QED) is 0.857. The minimum Gasteiger partial charge on any atom is -0.308 e. The Hall–Kier alpha value is -0.930. The van der Waals surface area contributed by atoms with Crippen LogP contribution in [-0.2, 0) is 6.54 Å². The molecule has 3 heteroatoms. The second kappa shape index (κ2) is 3.58. The Morgan fingerprint density at radius 3 is 3.13 bits per heavy atom. The van der Waals surface area contributed by atoms with Crippen molar-refractivity contribution in [2.24, 2.45) is 0 Å². The number of hydrogen-bond donors (Lipinski definition) is 1. The van der Waals surface area contributed by atoms with Crippen LogP contribution in [0.25, 0.3) is 10.2 Å². The number of nitrogens with one attached hydrogen (secondary N) is 1. The Labute approximate surface area is 93.3 Å². The molecule has 2 aromatic rings. The highest BCUT2D eigenvalue weighted by Gasteiger charge is 2.20. The normalized spacial score (nSPS) is 16.1. The van der Waals surface area contributed by atoms with E-state index >= 15 is 0 Å². The summed E-state index contributed by atoms with van der Waals surface area (Å²) >= 11 is 1.80. The molecule has 0 bridgehead atoms. The number of hydrogen-bond acceptors (Lipinski definition) is 3. The molecule has 0 unspecified atom stereocenters. The second-order valence-electron chi connectivity index (χ2n) is 4.23. The second-order valence-corrected chi connectivity index (χ2v) is 5.35. The molecule has 1 fully saturated rings. The molecule has 1 aromatic heterocycles. The largest absolute Gasteiger partial charge is 0.308 e. The molecule has 2 nitrogen and oxygen atoms in total. The molecule has 1 heterocycles. The van der Waals surface area contributed by atoms with E-state index in [1.54, 1.807) is 11.3 Å². The summed E-state index contributed by atoms with van der Waals surface area (Å²) in [6, 6.07) is 7.24. The maximum atomic E-state index is 4.63. The SMILES string of the molecule is Cc1ccc2sc(CNC3CC3)nc2c1. The third-order valence-electron chi connectivity index (χ3n) is 2.71. The number of thiazole rings is 1. The molecule has 15 heavy (non-hydrogen) atoms. The zero-order valence-electron chi connectivity index (χ0n) is 8.79. The summed E-state index contributed by atoms with van der Waals surface area (Å²) in [7, 11) is 0. The zero-order valence-corrected chi connectivity index (χ0v) is 9.60. The smallest absolute Gasteiger partial charge is 0.108 e. The van der Waals surface area contributed by atoms with Crippen LogP contribution in [0, 0.1) is 6.92 Å². The maximum Gasteiger partial charge on any atom is 0.108 e. The molecule has 0 atom stereocenters. The zero-order chi connectivity index (χ0) is 10.3. The Bertz CT molecular complexity index is 485. The van der Waals surface area contributed by atoms with Crippen molar-refractivity contribution in [3.63, 3.8) is 0 Å².